The smallest absolute Gasteiger partial charge is 0.109 e. The van der Waals surface area contributed by atoms with Gasteiger partial charge in [-0.1, -0.05) is 11.6 Å². The Balaban J connectivity index is 2.19. The normalized spacial score (nSPS) is 10.2. The second kappa shape index (κ2) is 3.58. The molecule has 2 rings (SSSR count). The molecule has 2 aromatic rings. The third-order valence-corrected chi connectivity index (χ3v) is 1.81. The molecule has 0 amide bonds. The van der Waals surface area contributed by atoms with E-state index < -0.39 is 0 Å². The van der Waals surface area contributed by atoms with Crippen LogP contribution in [0.5, 0.6) is 0 Å². The summed E-state index contributed by atoms with van der Waals surface area (Å²) >= 11 is 5.75. The summed E-state index contributed by atoms with van der Waals surface area (Å²) in [5.74, 6) is 0.858. The van der Waals surface area contributed by atoms with E-state index in [-0.39, 0.29) is 0 Å². The Hall–Kier alpha value is -1.35. The van der Waals surface area contributed by atoms with Crippen LogP contribution in [0.1, 0.15) is 11.5 Å². The summed E-state index contributed by atoms with van der Waals surface area (Å²) in [6.45, 7) is 0. The van der Waals surface area contributed by atoms with Gasteiger partial charge in [0.25, 0.3) is 0 Å². The van der Waals surface area contributed by atoms with Crippen LogP contribution in [0.3, 0.4) is 0 Å². The molecule has 0 aliphatic rings. The summed E-state index contributed by atoms with van der Waals surface area (Å²) in [4.78, 5) is 0. The molecule has 0 atom stereocenters. The first-order chi connectivity index (χ1) is 6.34. The number of furan rings is 1. The van der Waals surface area contributed by atoms with Crippen LogP contribution in [0.15, 0.2) is 35.1 Å². The standard InChI is InChI=1S/C9H7ClN2O/c10-7-4-8(12-11-6-7)5-9-2-1-3-13-9/h1-4,6H,5H2. The van der Waals surface area contributed by atoms with Gasteiger partial charge in [-0.2, -0.15) is 10.2 Å². The highest BCUT2D eigenvalue weighted by Gasteiger charge is 2.00. The first kappa shape index (κ1) is 8.26. The lowest BCUT2D eigenvalue weighted by Gasteiger charge is -1.95. The number of hydrogen-bond donors (Lipinski definition) is 0. The molecule has 0 spiro atoms. The molecule has 0 aromatic carbocycles. The van der Waals surface area contributed by atoms with E-state index in [0.29, 0.717) is 11.4 Å². The molecule has 0 bridgehead atoms. The number of halogens is 1. The highest BCUT2D eigenvalue weighted by Crippen LogP contribution is 2.11. The third-order valence-electron chi connectivity index (χ3n) is 1.61. The lowest BCUT2D eigenvalue weighted by atomic mass is 10.2. The number of nitrogens with zero attached hydrogens (tertiary/aromatic N) is 2. The summed E-state index contributed by atoms with van der Waals surface area (Å²) in [5, 5.41) is 8.26. The number of aromatic nitrogens is 2. The monoisotopic (exact) mass is 194 g/mol. The van der Waals surface area contributed by atoms with Crippen molar-refractivity contribution in [3.63, 3.8) is 0 Å². The molecule has 0 saturated heterocycles. The molecule has 0 fully saturated rings. The van der Waals surface area contributed by atoms with Gasteiger partial charge in [-0.05, 0) is 18.2 Å². The first-order valence-corrected chi connectivity index (χ1v) is 4.22. The number of rotatable bonds is 2. The van der Waals surface area contributed by atoms with Gasteiger partial charge < -0.3 is 4.42 Å². The van der Waals surface area contributed by atoms with Crippen molar-refractivity contribution in [1.82, 2.24) is 10.2 Å². The van der Waals surface area contributed by atoms with E-state index >= 15 is 0 Å². The lowest BCUT2D eigenvalue weighted by Crippen LogP contribution is -1.92. The molecule has 0 N–H and O–H groups in total. The van der Waals surface area contributed by atoms with Crippen LogP contribution in [0.2, 0.25) is 5.02 Å². The van der Waals surface area contributed by atoms with Crippen molar-refractivity contribution in [2.75, 3.05) is 0 Å². The Morgan fingerprint density at radius 1 is 1.46 bits per heavy atom. The summed E-state index contributed by atoms with van der Waals surface area (Å²) in [6, 6.07) is 5.51. The maximum absolute atomic E-state index is 5.75. The van der Waals surface area contributed by atoms with Gasteiger partial charge in [0, 0.05) is 0 Å². The molecular formula is C9H7ClN2O. The summed E-state index contributed by atoms with van der Waals surface area (Å²) in [7, 11) is 0. The topological polar surface area (TPSA) is 38.9 Å². The average molecular weight is 195 g/mol. The Kier molecular flexibility index (Phi) is 2.27. The zero-order valence-corrected chi connectivity index (χ0v) is 7.53. The maximum atomic E-state index is 5.75. The van der Waals surface area contributed by atoms with Crippen molar-refractivity contribution in [1.29, 1.82) is 0 Å². The van der Waals surface area contributed by atoms with Gasteiger partial charge in [0.2, 0.25) is 0 Å². The predicted octanol–water partition coefficient (Wildman–Crippen LogP) is 2.31. The van der Waals surface area contributed by atoms with Gasteiger partial charge in [0.1, 0.15) is 5.76 Å². The Morgan fingerprint density at radius 2 is 2.38 bits per heavy atom. The molecule has 13 heavy (non-hydrogen) atoms. The van der Waals surface area contributed by atoms with Crippen LogP contribution in [0.4, 0.5) is 0 Å². The predicted molar refractivity (Wildman–Crippen MR) is 48.6 cm³/mol. The SMILES string of the molecule is Clc1cnnc(Cc2ccco2)c1. The fourth-order valence-corrected chi connectivity index (χ4v) is 1.23. The molecule has 0 saturated carbocycles. The summed E-state index contributed by atoms with van der Waals surface area (Å²) in [6.07, 6.45) is 3.76. The van der Waals surface area contributed by atoms with E-state index in [0.717, 1.165) is 11.5 Å². The van der Waals surface area contributed by atoms with E-state index in [1.165, 1.54) is 6.20 Å². The van der Waals surface area contributed by atoms with Gasteiger partial charge in [-0.25, -0.2) is 0 Å². The lowest BCUT2D eigenvalue weighted by molar-refractivity contribution is 0.518. The second-order valence-corrected chi connectivity index (χ2v) is 3.06. The van der Waals surface area contributed by atoms with Crippen LogP contribution in [-0.2, 0) is 6.42 Å². The van der Waals surface area contributed by atoms with Gasteiger partial charge in [-0.3, -0.25) is 0 Å². The molecule has 2 aromatic heterocycles. The van der Waals surface area contributed by atoms with E-state index in [1.807, 2.05) is 12.1 Å². The fraction of sp³-hybridized carbons (Fsp3) is 0.111. The Labute approximate surface area is 80.4 Å². The Bertz CT molecular complexity index is 386. The zero-order valence-electron chi connectivity index (χ0n) is 6.77. The van der Waals surface area contributed by atoms with Crippen LogP contribution < -0.4 is 0 Å². The van der Waals surface area contributed by atoms with Gasteiger partial charge >= 0.3 is 0 Å². The quantitative estimate of drug-likeness (QED) is 0.737. The number of hydrogen-bond acceptors (Lipinski definition) is 3. The highest BCUT2D eigenvalue weighted by molar-refractivity contribution is 6.30. The molecule has 0 radical (unpaired) electrons. The van der Waals surface area contributed by atoms with Crippen LogP contribution in [0, 0.1) is 0 Å². The fourth-order valence-electron chi connectivity index (χ4n) is 1.06. The van der Waals surface area contributed by atoms with Crippen molar-refractivity contribution >= 4 is 11.6 Å². The third kappa shape index (κ3) is 2.06. The molecule has 0 aliphatic heterocycles. The van der Waals surface area contributed by atoms with E-state index in [1.54, 1.807) is 12.3 Å². The van der Waals surface area contributed by atoms with E-state index in [4.69, 9.17) is 16.0 Å². The van der Waals surface area contributed by atoms with Crippen molar-refractivity contribution in [3.05, 3.63) is 47.1 Å². The van der Waals surface area contributed by atoms with Gasteiger partial charge in [0.15, 0.2) is 0 Å². The molecule has 66 valence electrons. The van der Waals surface area contributed by atoms with Crippen LogP contribution in [0.25, 0.3) is 0 Å². The minimum atomic E-state index is 0.594. The van der Waals surface area contributed by atoms with Crippen molar-refractivity contribution in [2.24, 2.45) is 0 Å². The Morgan fingerprint density at radius 3 is 3.08 bits per heavy atom. The molecule has 0 unspecified atom stereocenters. The van der Waals surface area contributed by atoms with Gasteiger partial charge in [-0.15, -0.1) is 0 Å². The summed E-state index contributed by atoms with van der Waals surface area (Å²) in [5.41, 5.74) is 0.808. The summed E-state index contributed by atoms with van der Waals surface area (Å²) < 4.78 is 5.17. The minimum absolute atomic E-state index is 0.594. The molecular weight excluding hydrogens is 188 g/mol. The first-order valence-electron chi connectivity index (χ1n) is 3.84. The maximum Gasteiger partial charge on any atom is 0.109 e. The zero-order chi connectivity index (χ0) is 9.10. The molecule has 2 heterocycles. The van der Waals surface area contributed by atoms with E-state index in [9.17, 15) is 0 Å². The molecule has 4 heteroatoms. The van der Waals surface area contributed by atoms with Crippen molar-refractivity contribution in [2.45, 2.75) is 6.42 Å². The van der Waals surface area contributed by atoms with Crippen LogP contribution >= 0.6 is 11.6 Å². The molecule has 3 nitrogen and oxygen atoms in total. The van der Waals surface area contributed by atoms with Crippen molar-refractivity contribution in [3.8, 4) is 0 Å². The highest BCUT2D eigenvalue weighted by atomic mass is 35.5. The van der Waals surface area contributed by atoms with Crippen molar-refractivity contribution < 1.29 is 4.42 Å². The van der Waals surface area contributed by atoms with Crippen LogP contribution in [-0.4, -0.2) is 10.2 Å². The van der Waals surface area contributed by atoms with Gasteiger partial charge in [0.05, 0.1) is 29.6 Å². The van der Waals surface area contributed by atoms with E-state index in [2.05, 4.69) is 10.2 Å². The average Bonchev–Trinajstić information content (AvgIpc) is 2.57. The second-order valence-electron chi connectivity index (χ2n) is 2.62. The minimum Gasteiger partial charge on any atom is -0.469 e. The largest absolute Gasteiger partial charge is 0.469 e. The molecule has 0 aliphatic carbocycles.